The number of aromatic nitrogens is 1. The first-order valence-electron chi connectivity index (χ1n) is 8.06. The van der Waals surface area contributed by atoms with Gasteiger partial charge in [-0.05, 0) is 38.5 Å². The third-order valence-corrected chi connectivity index (χ3v) is 6.14. The Morgan fingerprint density at radius 1 is 0.842 bits per heavy atom. The van der Waals surface area contributed by atoms with Crippen LogP contribution in [0.2, 0.25) is 0 Å². The summed E-state index contributed by atoms with van der Waals surface area (Å²) >= 11 is 1.94. The van der Waals surface area contributed by atoms with E-state index in [2.05, 4.69) is 0 Å². The molecule has 0 unspecified atom stereocenters. The average molecular weight is 278 g/mol. The van der Waals surface area contributed by atoms with Crippen LogP contribution in [0.3, 0.4) is 0 Å². The highest BCUT2D eigenvalue weighted by atomic mass is 32.1. The van der Waals surface area contributed by atoms with Crippen molar-refractivity contribution in [1.29, 1.82) is 0 Å². The van der Waals surface area contributed by atoms with Gasteiger partial charge in [-0.2, -0.15) is 0 Å². The Labute approximate surface area is 120 Å². The molecule has 0 aliphatic heterocycles. The van der Waals surface area contributed by atoms with Gasteiger partial charge in [0.1, 0.15) is 5.01 Å². The molecule has 0 aromatic carbocycles. The van der Waals surface area contributed by atoms with Gasteiger partial charge in [-0.1, -0.05) is 38.5 Å². The number of rotatable bonds is 1. The molecule has 19 heavy (non-hydrogen) atoms. The third-order valence-electron chi connectivity index (χ3n) is 4.77. The highest BCUT2D eigenvalue weighted by Crippen LogP contribution is 2.38. The van der Waals surface area contributed by atoms with E-state index in [0.29, 0.717) is 0 Å². The third kappa shape index (κ3) is 3.03. The molecular weight excluding hydrogens is 252 g/mol. The molecule has 3 heteroatoms. The fraction of sp³-hybridized carbons (Fsp3) is 0.812. The minimum atomic E-state index is -0.109. The summed E-state index contributed by atoms with van der Waals surface area (Å²) in [4.78, 5) is 6.53. The predicted molar refractivity (Wildman–Crippen MR) is 81.6 cm³/mol. The van der Waals surface area contributed by atoms with Gasteiger partial charge >= 0.3 is 0 Å². The second kappa shape index (κ2) is 5.92. The zero-order chi connectivity index (χ0) is 13.1. The second-order valence-corrected chi connectivity index (χ2v) is 7.46. The van der Waals surface area contributed by atoms with Crippen LogP contribution >= 0.6 is 11.3 Å². The molecule has 1 fully saturated rings. The van der Waals surface area contributed by atoms with E-state index in [4.69, 9.17) is 10.7 Å². The molecule has 106 valence electrons. The quantitative estimate of drug-likeness (QED) is 0.777. The zero-order valence-corrected chi connectivity index (χ0v) is 12.7. The summed E-state index contributed by atoms with van der Waals surface area (Å²) < 4.78 is 0. The number of hydrogen-bond donors (Lipinski definition) is 1. The fourth-order valence-electron chi connectivity index (χ4n) is 3.49. The van der Waals surface area contributed by atoms with Gasteiger partial charge in [-0.3, -0.25) is 0 Å². The summed E-state index contributed by atoms with van der Waals surface area (Å²) in [7, 11) is 0. The smallest absolute Gasteiger partial charge is 0.113 e. The van der Waals surface area contributed by atoms with Crippen LogP contribution in [0, 0.1) is 0 Å². The maximum atomic E-state index is 6.72. The number of thiazole rings is 1. The Kier molecular flexibility index (Phi) is 4.23. The first-order chi connectivity index (χ1) is 9.28. The van der Waals surface area contributed by atoms with Crippen molar-refractivity contribution in [3.05, 3.63) is 15.6 Å². The molecule has 0 amide bonds. The lowest BCUT2D eigenvalue weighted by molar-refractivity contribution is 0.383. The van der Waals surface area contributed by atoms with Gasteiger partial charge in [0.15, 0.2) is 0 Å². The van der Waals surface area contributed by atoms with Crippen molar-refractivity contribution in [2.24, 2.45) is 5.73 Å². The van der Waals surface area contributed by atoms with E-state index in [0.717, 1.165) is 12.8 Å². The Hall–Kier alpha value is -0.410. The highest BCUT2D eigenvalue weighted by Gasteiger charge is 2.32. The minimum absolute atomic E-state index is 0.109. The molecule has 0 bridgehead atoms. The normalized spacial score (nSPS) is 24.1. The predicted octanol–water partition coefficient (Wildman–Crippen LogP) is 4.31. The van der Waals surface area contributed by atoms with Gasteiger partial charge in [-0.15, -0.1) is 11.3 Å². The largest absolute Gasteiger partial charge is 0.319 e. The number of nitrogens with two attached hydrogens (primary N) is 1. The monoisotopic (exact) mass is 278 g/mol. The van der Waals surface area contributed by atoms with Crippen LogP contribution in [-0.4, -0.2) is 4.98 Å². The first kappa shape index (κ1) is 13.6. The average Bonchev–Trinajstić information content (AvgIpc) is 2.63. The summed E-state index contributed by atoms with van der Waals surface area (Å²) in [6, 6.07) is 0. The lowest BCUT2D eigenvalue weighted by Gasteiger charge is -2.25. The van der Waals surface area contributed by atoms with E-state index in [9.17, 15) is 0 Å². The summed E-state index contributed by atoms with van der Waals surface area (Å²) in [5.41, 5.74) is 7.99. The summed E-state index contributed by atoms with van der Waals surface area (Å²) in [6.07, 6.45) is 15.4. The first-order valence-corrected chi connectivity index (χ1v) is 8.87. The Bertz CT molecular complexity index is 391. The Balaban J connectivity index is 1.85. The van der Waals surface area contributed by atoms with Gasteiger partial charge in [0.25, 0.3) is 0 Å². The maximum absolute atomic E-state index is 6.72. The number of fused-ring (bicyclic) bond motifs is 1. The van der Waals surface area contributed by atoms with E-state index in [1.807, 2.05) is 11.3 Å². The van der Waals surface area contributed by atoms with Crippen LogP contribution in [0.1, 0.15) is 79.8 Å². The van der Waals surface area contributed by atoms with Crippen LogP contribution in [0.25, 0.3) is 0 Å². The molecule has 1 aromatic heterocycles. The van der Waals surface area contributed by atoms with Crippen LogP contribution < -0.4 is 5.73 Å². The topological polar surface area (TPSA) is 38.9 Å². The van der Waals surface area contributed by atoms with E-state index in [-0.39, 0.29) is 5.54 Å². The van der Waals surface area contributed by atoms with Crippen LogP contribution in [0.5, 0.6) is 0 Å². The van der Waals surface area contributed by atoms with Gasteiger partial charge < -0.3 is 5.73 Å². The zero-order valence-electron chi connectivity index (χ0n) is 11.9. The fourth-order valence-corrected chi connectivity index (χ4v) is 4.80. The van der Waals surface area contributed by atoms with Crippen LogP contribution in [0.15, 0.2) is 0 Å². The minimum Gasteiger partial charge on any atom is -0.319 e. The lowest BCUT2D eigenvalue weighted by Crippen LogP contribution is -2.35. The molecule has 1 heterocycles. The van der Waals surface area contributed by atoms with Crippen molar-refractivity contribution < 1.29 is 0 Å². The number of hydrogen-bond acceptors (Lipinski definition) is 3. The van der Waals surface area contributed by atoms with Crippen molar-refractivity contribution in [3.63, 3.8) is 0 Å². The van der Waals surface area contributed by atoms with Crippen LogP contribution in [0.4, 0.5) is 0 Å². The van der Waals surface area contributed by atoms with E-state index in [1.54, 1.807) is 4.88 Å². The SMILES string of the molecule is NC1(c2nc3c(s2)CCCCCC3)CCCCCC1. The molecule has 0 saturated heterocycles. The van der Waals surface area contributed by atoms with E-state index in [1.165, 1.54) is 74.9 Å². The molecule has 1 aromatic rings. The van der Waals surface area contributed by atoms with Gasteiger partial charge in [-0.25, -0.2) is 4.98 Å². The molecule has 3 rings (SSSR count). The summed E-state index contributed by atoms with van der Waals surface area (Å²) in [6.45, 7) is 0. The van der Waals surface area contributed by atoms with Crippen molar-refractivity contribution in [2.45, 2.75) is 82.6 Å². The highest BCUT2D eigenvalue weighted by molar-refractivity contribution is 7.11. The Morgan fingerprint density at radius 3 is 2.21 bits per heavy atom. The van der Waals surface area contributed by atoms with Crippen LogP contribution in [-0.2, 0) is 18.4 Å². The van der Waals surface area contributed by atoms with E-state index >= 15 is 0 Å². The molecule has 0 atom stereocenters. The second-order valence-electron chi connectivity index (χ2n) is 6.37. The van der Waals surface area contributed by atoms with Crippen molar-refractivity contribution in [1.82, 2.24) is 4.98 Å². The number of nitrogens with zero attached hydrogens (tertiary/aromatic N) is 1. The van der Waals surface area contributed by atoms with Gasteiger partial charge in [0.2, 0.25) is 0 Å². The summed E-state index contributed by atoms with van der Waals surface area (Å²) in [5, 5.41) is 1.25. The number of aryl methyl sites for hydroxylation is 2. The van der Waals surface area contributed by atoms with Crippen molar-refractivity contribution in [2.75, 3.05) is 0 Å². The standard InChI is InChI=1S/C16H26N2S/c17-16(11-7-3-4-8-12-16)15-18-13-9-5-1-2-6-10-14(13)19-15/h1-12,17H2. The molecule has 0 spiro atoms. The van der Waals surface area contributed by atoms with E-state index < -0.39 is 0 Å². The molecule has 2 nitrogen and oxygen atoms in total. The Morgan fingerprint density at radius 2 is 1.47 bits per heavy atom. The van der Waals surface area contributed by atoms with Gasteiger partial charge in [0.05, 0.1) is 11.2 Å². The molecule has 2 N–H and O–H groups in total. The van der Waals surface area contributed by atoms with Crippen molar-refractivity contribution in [3.8, 4) is 0 Å². The molecule has 1 saturated carbocycles. The van der Waals surface area contributed by atoms with Gasteiger partial charge in [0, 0.05) is 4.88 Å². The maximum Gasteiger partial charge on any atom is 0.113 e. The van der Waals surface area contributed by atoms with Crippen molar-refractivity contribution >= 4 is 11.3 Å². The summed E-state index contributed by atoms with van der Waals surface area (Å²) in [5.74, 6) is 0. The molecule has 2 aliphatic carbocycles. The molecule has 0 radical (unpaired) electrons. The molecular formula is C16H26N2S. The lowest BCUT2D eigenvalue weighted by atomic mass is 9.92. The molecule has 2 aliphatic rings.